The van der Waals surface area contributed by atoms with E-state index in [1.165, 1.54) is 6.42 Å². The highest BCUT2D eigenvalue weighted by molar-refractivity contribution is 5.93. The van der Waals surface area contributed by atoms with Crippen LogP contribution >= 0.6 is 0 Å². The molecule has 3 nitrogen and oxygen atoms in total. The van der Waals surface area contributed by atoms with Crippen LogP contribution in [0.2, 0.25) is 0 Å². The minimum atomic E-state index is -0.480. The third kappa shape index (κ3) is 3.65. The third-order valence-corrected chi connectivity index (χ3v) is 4.83. The molecule has 1 fully saturated rings. The highest BCUT2D eigenvalue weighted by Gasteiger charge is 2.41. The van der Waals surface area contributed by atoms with Gasteiger partial charge in [-0.1, -0.05) is 39.3 Å². The van der Waals surface area contributed by atoms with Crippen molar-refractivity contribution in [2.75, 3.05) is 5.32 Å². The Labute approximate surface area is 127 Å². The molecule has 2 rings (SSSR count). The van der Waals surface area contributed by atoms with Crippen LogP contribution in [0.25, 0.3) is 0 Å². The van der Waals surface area contributed by atoms with E-state index in [-0.39, 0.29) is 17.2 Å². The van der Waals surface area contributed by atoms with Gasteiger partial charge in [0.1, 0.15) is 0 Å². The predicted molar refractivity (Wildman–Crippen MR) is 86.0 cm³/mol. The lowest BCUT2D eigenvalue weighted by molar-refractivity contribution is -0.127. The van der Waals surface area contributed by atoms with E-state index < -0.39 is 6.10 Å². The molecule has 1 aliphatic rings. The van der Waals surface area contributed by atoms with E-state index in [1.807, 2.05) is 24.3 Å². The molecule has 0 heterocycles. The van der Waals surface area contributed by atoms with Crippen molar-refractivity contribution in [3.8, 4) is 0 Å². The fourth-order valence-electron chi connectivity index (χ4n) is 3.65. The van der Waals surface area contributed by atoms with Gasteiger partial charge in [0.25, 0.3) is 0 Å². The number of carbonyl (C=O) groups is 1. The summed E-state index contributed by atoms with van der Waals surface area (Å²) in [4.78, 5) is 12.7. The first kappa shape index (κ1) is 16.0. The summed E-state index contributed by atoms with van der Waals surface area (Å²) < 4.78 is 0. The second-order valence-corrected chi connectivity index (χ2v) is 7.12. The van der Waals surface area contributed by atoms with Crippen molar-refractivity contribution < 1.29 is 9.90 Å². The van der Waals surface area contributed by atoms with E-state index >= 15 is 0 Å². The number of hydrogen-bond donors (Lipinski definition) is 2. The summed E-state index contributed by atoms with van der Waals surface area (Å²) in [5, 5.41) is 12.6. The van der Waals surface area contributed by atoms with Crippen LogP contribution < -0.4 is 5.32 Å². The van der Waals surface area contributed by atoms with Crippen LogP contribution in [0.5, 0.6) is 0 Å². The van der Waals surface area contributed by atoms with Crippen LogP contribution in [0, 0.1) is 17.3 Å². The predicted octanol–water partition coefficient (Wildman–Crippen LogP) is 4.14. The van der Waals surface area contributed by atoms with Crippen molar-refractivity contribution in [3.63, 3.8) is 0 Å². The summed E-state index contributed by atoms with van der Waals surface area (Å²) in [6.07, 6.45) is 2.96. The van der Waals surface area contributed by atoms with Gasteiger partial charge in [-0.05, 0) is 48.8 Å². The first-order chi connectivity index (χ1) is 9.81. The van der Waals surface area contributed by atoms with E-state index in [9.17, 15) is 9.90 Å². The van der Waals surface area contributed by atoms with Crippen LogP contribution in [0.1, 0.15) is 58.6 Å². The lowest BCUT2D eigenvalue weighted by atomic mass is 9.64. The Kier molecular flexibility index (Phi) is 4.72. The van der Waals surface area contributed by atoms with E-state index in [0.29, 0.717) is 5.92 Å². The molecule has 3 atom stereocenters. The quantitative estimate of drug-likeness (QED) is 0.878. The van der Waals surface area contributed by atoms with Gasteiger partial charge in [0.15, 0.2) is 0 Å². The SMILES string of the molecule is CC(O)c1ccc(NC(=O)C2C(C)CCCC2(C)C)cc1. The topological polar surface area (TPSA) is 49.3 Å². The molecule has 0 bridgehead atoms. The summed E-state index contributed by atoms with van der Waals surface area (Å²) in [6, 6.07) is 7.44. The summed E-state index contributed by atoms with van der Waals surface area (Å²) in [5.74, 6) is 0.602. The lowest BCUT2D eigenvalue weighted by Gasteiger charge is -2.41. The van der Waals surface area contributed by atoms with Gasteiger partial charge in [-0.3, -0.25) is 4.79 Å². The van der Waals surface area contributed by atoms with Gasteiger partial charge in [0, 0.05) is 11.6 Å². The Bertz CT molecular complexity index is 490. The van der Waals surface area contributed by atoms with Crippen LogP contribution in [0.3, 0.4) is 0 Å². The van der Waals surface area contributed by atoms with Crippen molar-refractivity contribution in [1.82, 2.24) is 0 Å². The number of nitrogens with one attached hydrogen (secondary N) is 1. The number of benzene rings is 1. The van der Waals surface area contributed by atoms with Crippen LogP contribution in [-0.2, 0) is 4.79 Å². The van der Waals surface area contributed by atoms with E-state index in [1.54, 1.807) is 6.92 Å². The molecular formula is C18H27NO2. The number of aliphatic hydroxyl groups is 1. The standard InChI is InChI=1S/C18H27NO2/c1-12-6-5-11-18(3,4)16(12)17(21)19-15-9-7-14(8-10-15)13(2)20/h7-10,12-13,16,20H,5-6,11H2,1-4H3,(H,19,21). The van der Waals surface area contributed by atoms with E-state index in [0.717, 1.165) is 24.1 Å². The van der Waals surface area contributed by atoms with E-state index in [4.69, 9.17) is 0 Å². The zero-order valence-electron chi connectivity index (χ0n) is 13.5. The van der Waals surface area contributed by atoms with Crippen molar-refractivity contribution in [3.05, 3.63) is 29.8 Å². The Morgan fingerprint density at radius 1 is 1.33 bits per heavy atom. The Hall–Kier alpha value is -1.35. The fraction of sp³-hybridized carbons (Fsp3) is 0.611. The average molecular weight is 289 g/mol. The maximum atomic E-state index is 12.7. The fourth-order valence-corrected chi connectivity index (χ4v) is 3.65. The summed E-state index contributed by atoms with van der Waals surface area (Å²) in [6.45, 7) is 8.31. The van der Waals surface area contributed by atoms with Crippen molar-refractivity contribution in [2.45, 2.75) is 53.1 Å². The largest absolute Gasteiger partial charge is 0.389 e. The molecule has 0 aromatic heterocycles. The number of carbonyl (C=O) groups excluding carboxylic acids is 1. The number of aliphatic hydroxyl groups excluding tert-OH is 1. The lowest BCUT2D eigenvalue weighted by Crippen LogP contribution is -2.42. The molecule has 21 heavy (non-hydrogen) atoms. The Balaban J connectivity index is 2.09. The molecule has 116 valence electrons. The van der Waals surface area contributed by atoms with Crippen molar-refractivity contribution in [1.29, 1.82) is 0 Å². The molecular weight excluding hydrogens is 262 g/mol. The average Bonchev–Trinajstić information content (AvgIpc) is 2.37. The highest BCUT2D eigenvalue weighted by atomic mass is 16.3. The molecule has 0 radical (unpaired) electrons. The zero-order chi connectivity index (χ0) is 15.6. The number of hydrogen-bond acceptors (Lipinski definition) is 2. The first-order valence-electron chi connectivity index (χ1n) is 7.90. The van der Waals surface area contributed by atoms with Gasteiger partial charge in [-0.2, -0.15) is 0 Å². The second kappa shape index (κ2) is 6.18. The molecule has 1 aromatic rings. The van der Waals surface area contributed by atoms with Crippen LogP contribution in [-0.4, -0.2) is 11.0 Å². The maximum absolute atomic E-state index is 12.7. The molecule has 0 spiro atoms. The first-order valence-corrected chi connectivity index (χ1v) is 7.90. The Morgan fingerprint density at radius 3 is 2.48 bits per heavy atom. The summed E-state index contributed by atoms with van der Waals surface area (Å²) in [7, 11) is 0. The van der Waals surface area contributed by atoms with Gasteiger partial charge in [0.2, 0.25) is 5.91 Å². The highest BCUT2D eigenvalue weighted by Crippen LogP contribution is 2.44. The van der Waals surface area contributed by atoms with Crippen LogP contribution in [0.15, 0.2) is 24.3 Å². The third-order valence-electron chi connectivity index (χ3n) is 4.83. The van der Waals surface area contributed by atoms with Gasteiger partial charge in [-0.15, -0.1) is 0 Å². The van der Waals surface area contributed by atoms with Gasteiger partial charge < -0.3 is 10.4 Å². The van der Waals surface area contributed by atoms with Gasteiger partial charge >= 0.3 is 0 Å². The van der Waals surface area contributed by atoms with Crippen molar-refractivity contribution in [2.24, 2.45) is 17.3 Å². The summed E-state index contributed by atoms with van der Waals surface area (Å²) in [5.41, 5.74) is 1.72. The molecule has 1 aliphatic carbocycles. The number of anilines is 1. The van der Waals surface area contributed by atoms with Crippen molar-refractivity contribution >= 4 is 11.6 Å². The number of rotatable bonds is 3. The van der Waals surface area contributed by atoms with Gasteiger partial charge in [-0.25, -0.2) is 0 Å². The molecule has 2 N–H and O–H groups in total. The monoisotopic (exact) mass is 289 g/mol. The van der Waals surface area contributed by atoms with Crippen LogP contribution in [0.4, 0.5) is 5.69 Å². The molecule has 3 heteroatoms. The minimum Gasteiger partial charge on any atom is -0.389 e. The molecule has 1 aromatic carbocycles. The molecule has 0 aliphatic heterocycles. The van der Waals surface area contributed by atoms with E-state index in [2.05, 4.69) is 26.1 Å². The molecule has 1 amide bonds. The second-order valence-electron chi connectivity index (χ2n) is 7.12. The molecule has 1 saturated carbocycles. The zero-order valence-corrected chi connectivity index (χ0v) is 13.5. The molecule has 0 saturated heterocycles. The normalized spacial score (nSPS) is 26.1. The molecule has 3 unspecified atom stereocenters. The summed E-state index contributed by atoms with van der Waals surface area (Å²) >= 11 is 0. The maximum Gasteiger partial charge on any atom is 0.228 e. The Morgan fingerprint density at radius 2 is 1.95 bits per heavy atom. The van der Waals surface area contributed by atoms with Gasteiger partial charge in [0.05, 0.1) is 6.10 Å². The smallest absolute Gasteiger partial charge is 0.228 e. The number of amides is 1. The minimum absolute atomic E-state index is 0.0568.